The van der Waals surface area contributed by atoms with Crippen molar-refractivity contribution in [2.45, 2.75) is 55.5 Å². The van der Waals surface area contributed by atoms with Gasteiger partial charge in [-0.15, -0.1) is 0 Å². The van der Waals surface area contributed by atoms with E-state index in [2.05, 4.69) is 93.3 Å². The maximum atomic E-state index is 6.50. The first-order valence-electron chi connectivity index (χ1n) is 10.3. The number of anilines is 2. The summed E-state index contributed by atoms with van der Waals surface area (Å²) < 4.78 is 13.0. The standard InChI is InChI=1S/C24H24BNO2S/c1-23(2)24(3,4)28-25(27-23)16-13-14-20-22-21(16)15-9-5-6-10-17(15)26(22)18-11-7-8-12-19(18)29-20/h5-14,16,21H,1-4H3. The zero-order valence-electron chi connectivity index (χ0n) is 17.2. The van der Waals surface area contributed by atoms with Gasteiger partial charge < -0.3 is 14.2 Å². The Morgan fingerprint density at radius 3 is 2.31 bits per heavy atom. The lowest BCUT2D eigenvalue weighted by atomic mass is 9.61. The van der Waals surface area contributed by atoms with Crippen LogP contribution in [0.4, 0.5) is 11.4 Å². The van der Waals surface area contributed by atoms with E-state index in [0.717, 1.165) is 0 Å². The predicted molar refractivity (Wildman–Crippen MR) is 120 cm³/mol. The quantitative estimate of drug-likeness (QED) is 0.525. The first kappa shape index (κ1) is 17.9. The van der Waals surface area contributed by atoms with Crippen molar-refractivity contribution in [3.8, 4) is 0 Å². The number of allylic oxidation sites excluding steroid dienone is 3. The summed E-state index contributed by atoms with van der Waals surface area (Å²) in [5.74, 6) is 0.383. The molecule has 0 spiro atoms. The van der Waals surface area contributed by atoms with Crippen LogP contribution in [0.2, 0.25) is 5.82 Å². The van der Waals surface area contributed by atoms with Gasteiger partial charge in [0, 0.05) is 32.9 Å². The van der Waals surface area contributed by atoms with Gasteiger partial charge in [0.25, 0.3) is 0 Å². The fourth-order valence-corrected chi connectivity index (χ4v) is 6.02. The normalized spacial score (nSPS) is 27.7. The van der Waals surface area contributed by atoms with Crippen molar-refractivity contribution >= 4 is 30.3 Å². The molecule has 2 atom stereocenters. The van der Waals surface area contributed by atoms with Crippen LogP contribution in [0, 0.1) is 0 Å². The van der Waals surface area contributed by atoms with Crippen LogP contribution in [0.25, 0.3) is 0 Å². The minimum absolute atomic E-state index is 0.145. The number of rotatable bonds is 1. The molecule has 3 nitrogen and oxygen atoms in total. The number of fused-ring (bicyclic) bond motifs is 5. The molecule has 6 rings (SSSR count). The molecule has 3 aliphatic heterocycles. The Hall–Kier alpha value is -1.95. The number of para-hydroxylation sites is 2. The van der Waals surface area contributed by atoms with Crippen LogP contribution in [0.5, 0.6) is 0 Å². The van der Waals surface area contributed by atoms with Gasteiger partial charge in [0.1, 0.15) is 0 Å². The van der Waals surface area contributed by atoms with E-state index in [-0.39, 0.29) is 30.1 Å². The Morgan fingerprint density at radius 2 is 1.55 bits per heavy atom. The molecule has 29 heavy (non-hydrogen) atoms. The topological polar surface area (TPSA) is 21.7 Å². The van der Waals surface area contributed by atoms with Gasteiger partial charge in [-0.3, -0.25) is 0 Å². The molecule has 3 heterocycles. The predicted octanol–water partition coefficient (Wildman–Crippen LogP) is 6.27. The number of nitrogens with zero attached hydrogens (tertiary/aromatic N) is 1. The maximum Gasteiger partial charge on any atom is 0.466 e. The summed E-state index contributed by atoms with van der Waals surface area (Å²) in [6.45, 7) is 8.52. The minimum atomic E-state index is -0.327. The zero-order chi connectivity index (χ0) is 20.0. The molecule has 0 N–H and O–H groups in total. The molecular weight excluding hydrogens is 377 g/mol. The largest absolute Gasteiger partial charge is 0.466 e. The molecule has 1 aliphatic carbocycles. The van der Waals surface area contributed by atoms with Gasteiger partial charge in [0.15, 0.2) is 0 Å². The van der Waals surface area contributed by atoms with Crippen LogP contribution in [0.1, 0.15) is 39.2 Å². The Labute approximate surface area is 176 Å². The molecule has 2 aromatic rings. The highest BCUT2D eigenvalue weighted by atomic mass is 32.2. The van der Waals surface area contributed by atoms with Crippen molar-refractivity contribution in [2.75, 3.05) is 4.90 Å². The Morgan fingerprint density at radius 1 is 0.897 bits per heavy atom. The summed E-state index contributed by atoms with van der Waals surface area (Å²) >= 11 is 1.87. The summed E-state index contributed by atoms with van der Waals surface area (Å²) in [5, 5.41) is 0. The van der Waals surface area contributed by atoms with Gasteiger partial charge in [-0.1, -0.05) is 54.2 Å². The van der Waals surface area contributed by atoms with Gasteiger partial charge in [0.2, 0.25) is 0 Å². The van der Waals surface area contributed by atoms with Gasteiger partial charge in [-0.2, -0.15) is 0 Å². The molecule has 146 valence electrons. The Kier molecular flexibility index (Phi) is 3.58. The molecule has 1 fully saturated rings. The molecule has 5 heteroatoms. The third-order valence-corrected chi connectivity index (χ3v) is 8.20. The number of thioether (sulfide) groups is 1. The molecule has 0 aromatic heterocycles. The van der Waals surface area contributed by atoms with Gasteiger partial charge in [-0.25, -0.2) is 0 Å². The second-order valence-electron chi connectivity index (χ2n) is 9.25. The third kappa shape index (κ3) is 2.35. The average Bonchev–Trinajstić information content (AvgIpc) is 3.15. The van der Waals surface area contributed by atoms with Crippen LogP contribution >= 0.6 is 11.8 Å². The number of hydrogen-bond acceptors (Lipinski definition) is 4. The van der Waals surface area contributed by atoms with E-state index in [4.69, 9.17) is 9.31 Å². The second kappa shape index (κ2) is 5.81. The lowest BCUT2D eigenvalue weighted by Crippen LogP contribution is -2.41. The molecule has 0 bridgehead atoms. The fourth-order valence-electron chi connectivity index (χ4n) is 4.90. The van der Waals surface area contributed by atoms with Crippen molar-refractivity contribution in [3.63, 3.8) is 0 Å². The highest BCUT2D eigenvalue weighted by molar-refractivity contribution is 8.03. The molecule has 2 aromatic carbocycles. The monoisotopic (exact) mass is 401 g/mol. The smallest absolute Gasteiger partial charge is 0.403 e. The van der Waals surface area contributed by atoms with Crippen molar-refractivity contribution in [2.24, 2.45) is 0 Å². The summed E-state index contributed by atoms with van der Waals surface area (Å²) in [4.78, 5) is 5.10. The Bertz CT molecular complexity index is 1070. The van der Waals surface area contributed by atoms with Crippen LogP contribution in [-0.2, 0) is 9.31 Å². The highest BCUT2D eigenvalue weighted by Crippen LogP contribution is 2.62. The van der Waals surface area contributed by atoms with Crippen molar-refractivity contribution in [1.29, 1.82) is 0 Å². The van der Waals surface area contributed by atoms with E-state index in [0.29, 0.717) is 0 Å². The molecular formula is C24H24BNO2S. The molecule has 1 saturated heterocycles. The zero-order valence-corrected chi connectivity index (χ0v) is 18.0. The highest BCUT2D eigenvalue weighted by Gasteiger charge is 2.57. The first-order chi connectivity index (χ1) is 13.9. The van der Waals surface area contributed by atoms with E-state index in [1.54, 1.807) is 0 Å². The Balaban J connectivity index is 1.50. The summed E-state index contributed by atoms with van der Waals surface area (Å²) in [6, 6.07) is 17.5. The third-order valence-electron chi connectivity index (χ3n) is 7.07. The van der Waals surface area contributed by atoms with Crippen LogP contribution < -0.4 is 4.90 Å². The summed E-state index contributed by atoms with van der Waals surface area (Å²) in [7, 11) is -0.259. The van der Waals surface area contributed by atoms with Gasteiger partial charge in [-0.05, 0) is 51.5 Å². The lowest BCUT2D eigenvalue weighted by molar-refractivity contribution is 0.00578. The molecule has 2 unspecified atom stereocenters. The average molecular weight is 401 g/mol. The van der Waals surface area contributed by atoms with Crippen LogP contribution in [-0.4, -0.2) is 18.3 Å². The van der Waals surface area contributed by atoms with Gasteiger partial charge in [0.05, 0.1) is 16.9 Å². The summed E-state index contributed by atoms with van der Waals surface area (Å²) in [6.07, 6.45) is 4.59. The minimum Gasteiger partial charge on any atom is -0.403 e. The molecule has 0 saturated carbocycles. The lowest BCUT2D eigenvalue weighted by Gasteiger charge is -2.36. The maximum absolute atomic E-state index is 6.50. The fraction of sp³-hybridized carbons (Fsp3) is 0.333. The summed E-state index contributed by atoms with van der Waals surface area (Å²) in [5.41, 5.74) is 4.63. The number of benzene rings is 2. The van der Waals surface area contributed by atoms with E-state index < -0.39 is 0 Å². The molecule has 0 radical (unpaired) electrons. The van der Waals surface area contributed by atoms with Crippen molar-refractivity contribution < 1.29 is 9.31 Å². The van der Waals surface area contributed by atoms with Crippen molar-refractivity contribution in [3.05, 3.63) is 76.8 Å². The van der Waals surface area contributed by atoms with E-state index in [9.17, 15) is 0 Å². The van der Waals surface area contributed by atoms with E-state index in [1.165, 1.54) is 32.4 Å². The molecule has 4 aliphatic rings. The first-order valence-corrected chi connectivity index (χ1v) is 11.1. The number of hydrogen-bond donors (Lipinski definition) is 0. The second-order valence-corrected chi connectivity index (χ2v) is 10.3. The van der Waals surface area contributed by atoms with E-state index in [1.807, 2.05) is 11.8 Å². The van der Waals surface area contributed by atoms with Gasteiger partial charge >= 0.3 is 7.12 Å². The van der Waals surface area contributed by atoms with E-state index >= 15 is 0 Å². The van der Waals surface area contributed by atoms with Crippen molar-refractivity contribution in [1.82, 2.24) is 0 Å². The van der Waals surface area contributed by atoms with Crippen LogP contribution in [0.15, 0.2) is 76.2 Å². The SMILES string of the molecule is CC1(C)OB(C2C=CC3=C4C2c2ccccc2N4c2ccccc2S3)OC1(C)C. The molecule has 0 amide bonds. The van der Waals surface area contributed by atoms with Crippen LogP contribution in [0.3, 0.4) is 0 Å².